The van der Waals surface area contributed by atoms with Gasteiger partial charge in [0.25, 0.3) is 0 Å². The van der Waals surface area contributed by atoms with E-state index in [1.54, 1.807) is 0 Å². The van der Waals surface area contributed by atoms with Gasteiger partial charge in [-0.15, -0.1) is 0 Å². The zero-order chi connectivity index (χ0) is 9.45. The van der Waals surface area contributed by atoms with E-state index in [2.05, 4.69) is 0 Å². The van der Waals surface area contributed by atoms with E-state index in [1.807, 2.05) is 19.1 Å². The third-order valence-corrected chi connectivity index (χ3v) is 1.48. The third-order valence-electron chi connectivity index (χ3n) is 1.48. The van der Waals surface area contributed by atoms with Gasteiger partial charge < -0.3 is 0 Å². The molecular formula is C9H15F3. The molecule has 3 heteroatoms. The van der Waals surface area contributed by atoms with Crippen molar-refractivity contribution in [2.75, 3.05) is 0 Å². The Labute approximate surface area is 71.5 Å². The highest BCUT2D eigenvalue weighted by Crippen LogP contribution is 2.22. The van der Waals surface area contributed by atoms with E-state index in [0.29, 0.717) is 6.42 Å². The predicted molar refractivity (Wildman–Crippen MR) is 44.0 cm³/mol. The Bertz CT molecular complexity index is 124. The number of unbranched alkanes of at least 4 members (excludes halogenated alkanes) is 2. The minimum Gasteiger partial charge on any atom is -0.171 e. The van der Waals surface area contributed by atoms with Crippen LogP contribution in [0, 0.1) is 0 Å². The molecule has 0 N–H and O–H groups in total. The molecule has 0 aliphatic heterocycles. The minimum absolute atomic E-state index is 0.248. The molecule has 0 fully saturated rings. The molecule has 0 atom stereocenters. The molecule has 0 aliphatic carbocycles. The average molecular weight is 180 g/mol. The van der Waals surface area contributed by atoms with Gasteiger partial charge in [-0.2, -0.15) is 13.2 Å². The standard InChI is InChI=1S/C9H15F3/c1-2-3-4-5-6-7-8-9(10,11)12/h3-4H,2,5-8H2,1H3/b4-3-. The molecule has 0 aliphatic rings. The fourth-order valence-corrected chi connectivity index (χ4v) is 0.872. The zero-order valence-electron chi connectivity index (χ0n) is 7.32. The zero-order valence-corrected chi connectivity index (χ0v) is 7.32. The quantitative estimate of drug-likeness (QED) is 0.442. The molecule has 0 rings (SSSR count). The lowest BCUT2D eigenvalue weighted by Crippen LogP contribution is -2.05. The number of hydrogen-bond acceptors (Lipinski definition) is 0. The fourth-order valence-electron chi connectivity index (χ4n) is 0.872. The maximum Gasteiger partial charge on any atom is 0.389 e. The van der Waals surface area contributed by atoms with Crippen LogP contribution in [-0.2, 0) is 0 Å². The van der Waals surface area contributed by atoms with Gasteiger partial charge in [0, 0.05) is 6.42 Å². The van der Waals surface area contributed by atoms with Crippen molar-refractivity contribution in [2.24, 2.45) is 0 Å². The highest BCUT2D eigenvalue weighted by Gasteiger charge is 2.25. The molecule has 0 nitrogen and oxygen atoms in total. The van der Waals surface area contributed by atoms with Gasteiger partial charge in [0.15, 0.2) is 0 Å². The number of rotatable bonds is 5. The number of alkyl halides is 3. The van der Waals surface area contributed by atoms with Crippen LogP contribution in [-0.4, -0.2) is 6.18 Å². The summed E-state index contributed by atoms with van der Waals surface area (Å²) in [5.41, 5.74) is 0. The van der Waals surface area contributed by atoms with E-state index in [4.69, 9.17) is 0 Å². The van der Waals surface area contributed by atoms with E-state index >= 15 is 0 Å². The van der Waals surface area contributed by atoms with Crippen molar-refractivity contribution >= 4 is 0 Å². The molecule has 0 saturated heterocycles. The molecule has 0 unspecified atom stereocenters. The van der Waals surface area contributed by atoms with E-state index in [9.17, 15) is 13.2 Å². The van der Waals surface area contributed by atoms with Gasteiger partial charge in [0.1, 0.15) is 0 Å². The fraction of sp³-hybridized carbons (Fsp3) is 0.778. The molecule has 0 aromatic heterocycles. The summed E-state index contributed by atoms with van der Waals surface area (Å²) in [5, 5.41) is 0. The van der Waals surface area contributed by atoms with Crippen LogP contribution in [0.3, 0.4) is 0 Å². The summed E-state index contributed by atoms with van der Waals surface area (Å²) in [6, 6.07) is 0. The van der Waals surface area contributed by atoms with Gasteiger partial charge in [-0.05, 0) is 25.7 Å². The Kier molecular flexibility index (Phi) is 5.85. The van der Waals surface area contributed by atoms with Crippen molar-refractivity contribution in [1.82, 2.24) is 0 Å². The Morgan fingerprint density at radius 1 is 1.08 bits per heavy atom. The molecule has 0 aromatic carbocycles. The summed E-state index contributed by atoms with van der Waals surface area (Å²) in [5.74, 6) is 0. The molecule has 0 bridgehead atoms. The summed E-state index contributed by atoms with van der Waals surface area (Å²) in [6.45, 7) is 2.01. The highest BCUT2D eigenvalue weighted by molar-refractivity contribution is 4.79. The Morgan fingerprint density at radius 3 is 2.25 bits per heavy atom. The first-order valence-corrected chi connectivity index (χ1v) is 4.28. The first-order valence-electron chi connectivity index (χ1n) is 4.28. The van der Waals surface area contributed by atoms with Crippen LogP contribution in [0.1, 0.15) is 39.0 Å². The van der Waals surface area contributed by atoms with Crippen molar-refractivity contribution in [3.63, 3.8) is 0 Å². The molecule has 12 heavy (non-hydrogen) atoms. The summed E-state index contributed by atoms with van der Waals surface area (Å²) < 4.78 is 34.8. The van der Waals surface area contributed by atoms with Gasteiger partial charge in [0.2, 0.25) is 0 Å². The molecule has 0 radical (unpaired) electrons. The number of halogens is 3. The SMILES string of the molecule is CC/C=C\CCCCC(F)(F)F. The lowest BCUT2D eigenvalue weighted by molar-refractivity contribution is -0.135. The van der Waals surface area contributed by atoms with Crippen LogP contribution in [0.2, 0.25) is 0 Å². The minimum atomic E-state index is -3.98. The molecular weight excluding hydrogens is 165 g/mol. The van der Waals surface area contributed by atoms with Crippen LogP contribution in [0.4, 0.5) is 13.2 Å². The molecule has 72 valence electrons. The van der Waals surface area contributed by atoms with Gasteiger partial charge in [-0.3, -0.25) is 0 Å². The lowest BCUT2D eigenvalue weighted by atomic mass is 10.2. The van der Waals surface area contributed by atoms with E-state index in [1.165, 1.54) is 0 Å². The van der Waals surface area contributed by atoms with Crippen LogP contribution < -0.4 is 0 Å². The Morgan fingerprint density at radius 2 is 1.75 bits per heavy atom. The van der Waals surface area contributed by atoms with Gasteiger partial charge >= 0.3 is 6.18 Å². The van der Waals surface area contributed by atoms with Crippen molar-refractivity contribution in [2.45, 2.75) is 45.2 Å². The summed E-state index contributed by atoms with van der Waals surface area (Å²) >= 11 is 0. The van der Waals surface area contributed by atoms with Crippen LogP contribution >= 0.6 is 0 Å². The highest BCUT2D eigenvalue weighted by atomic mass is 19.4. The maximum absolute atomic E-state index is 11.6. The van der Waals surface area contributed by atoms with Crippen LogP contribution in [0.25, 0.3) is 0 Å². The van der Waals surface area contributed by atoms with Crippen molar-refractivity contribution in [1.29, 1.82) is 0 Å². The Hall–Kier alpha value is -0.470. The van der Waals surface area contributed by atoms with E-state index in [0.717, 1.165) is 12.8 Å². The lowest BCUT2D eigenvalue weighted by Gasteiger charge is -2.03. The van der Waals surface area contributed by atoms with Crippen molar-refractivity contribution in [3.8, 4) is 0 Å². The maximum atomic E-state index is 11.6. The van der Waals surface area contributed by atoms with Gasteiger partial charge in [0.05, 0.1) is 0 Å². The number of allylic oxidation sites excluding steroid dienone is 2. The Balaban J connectivity index is 3.17. The second kappa shape index (κ2) is 6.09. The molecule has 0 heterocycles. The summed E-state index contributed by atoms with van der Waals surface area (Å²) in [7, 11) is 0. The van der Waals surface area contributed by atoms with Gasteiger partial charge in [-0.25, -0.2) is 0 Å². The first kappa shape index (κ1) is 11.5. The predicted octanol–water partition coefficient (Wildman–Crippen LogP) is 4.08. The monoisotopic (exact) mass is 180 g/mol. The summed E-state index contributed by atoms with van der Waals surface area (Å²) in [4.78, 5) is 0. The van der Waals surface area contributed by atoms with Crippen LogP contribution in [0.15, 0.2) is 12.2 Å². The van der Waals surface area contributed by atoms with E-state index < -0.39 is 12.6 Å². The second-order valence-corrected chi connectivity index (χ2v) is 2.74. The third kappa shape index (κ3) is 9.53. The van der Waals surface area contributed by atoms with Gasteiger partial charge in [-0.1, -0.05) is 19.1 Å². The van der Waals surface area contributed by atoms with Crippen molar-refractivity contribution < 1.29 is 13.2 Å². The normalized spacial score (nSPS) is 12.7. The molecule has 0 saturated carbocycles. The number of hydrogen-bond donors (Lipinski definition) is 0. The van der Waals surface area contributed by atoms with Crippen molar-refractivity contribution in [3.05, 3.63) is 12.2 Å². The largest absolute Gasteiger partial charge is 0.389 e. The summed E-state index contributed by atoms with van der Waals surface area (Å²) in [6.07, 6.45) is 1.90. The van der Waals surface area contributed by atoms with Crippen LogP contribution in [0.5, 0.6) is 0 Å². The molecule has 0 aromatic rings. The molecule has 0 spiro atoms. The first-order chi connectivity index (χ1) is 5.56. The molecule has 0 amide bonds. The second-order valence-electron chi connectivity index (χ2n) is 2.74. The topological polar surface area (TPSA) is 0 Å². The smallest absolute Gasteiger partial charge is 0.171 e. The average Bonchev–Trinajstić information content (AvgIpc) is 1.94. The van der Waals surface area contributed by atoms with E-state index in [-0.39, 0.29) is 6.42 Å².